The van der Waals surface area contributed by atoms with Gasteiger partial charge < -0.3 is 4.74 Å². The van der Waals surface area contributed by atoms with Crippen LogP contribution < -0.4 is 0 Å². The largest absolute Gasteiger partial charge is 0.366 e. The zero-order chi connectivity index (χ0) is 5.49. The SMILES string of the molecule is CC(C)(C)[C]1CO1. The fourth-order valence-corrected chi connectivity index (χ4v) is 0.469. The van der Waals surface area contributed by atoms with E-state index in [1.165, 1.54) is 6.10 Å². The molecule has 0 aromatic rings. The number of rotatable bonds is 0. The van der Waals surface area contributed by atoms with Gasteiger partial charge in [-0.1, -0.05) is 20.8 Å². The minimum atomic E-state index is 0.306. The van der Waals surface area contributed by atoms with Crippen LogP contribution in [0.2, 0.25) is 0 Å². The first-order chi connectivity index (χ1) is 3.11. The molecule has 1 heterocycles. The summed E-state index contributed by atoms with van der Waals surface area (Å²) < 4.78 is 4.99. The van der Waals surface area contributed by atoms with Crippen LogP contribution >= 0.6 is 0 Å². The van der Waals surface area contributed by atoms with Gasteiger partial charge in [-0.05, 0) is 5.41 Å². The molecule has 0 aromatic carbocycles. The molecule has 0 spiro atoms. The fourth-order valence-electron chi connectivity index (χ4n) is 0.469. The van der Waals surface area contributed by atoms with Crippen LogP contribution in [0.4, 0.5) is 0 Å². The summed E-state index contributed by atoms with van der Waals surface area (Å²) in [6.45, 7) is 7.38. The predicted octanol–water partition coefficient (Wildman–Crippen LogP) is 1.59. The summed E-state index contributed by atoms with van der Waals surface area (Å²) in [5.41, 5.74) is 0.306. The molecule has 7 heavy (non-hydrogen) atoms. The maximum Gasteiger partial charge on any atom is 0.128 e. The minimum absolute atomic E-state index is 0.306. The monoisotopic (exact) mass is 99.1 g/mol. The van der Waals surface area contributed by atoms with E-state index in [2.05, 4.69) is 20.8 Å². The Kier molecular flexibility index (Phi) is 0.890. The van der Waals surface area contributed by atoms with Crippen molar-refractivity contribution in [1.82, 2.24) is 0 Å². The maximum atomic E-state index is 4.99. The summed E-state index contributed by atoms with van der Waals surface area (Å²) in [6, 6.07) is 0. The van der Waals surface area contributed by atoms with Crippen LogP contribution in [0.3, 0.4) is 0 Å². The van der Waals surface area contributed by atoms with E-state index in [0.29, 0.717) is 5.41 Å². The second-order valence-corrected chi connectivity index (χ2v) is 2.96. The van der Waals surface area contributed by atoms with Crippen LogP contribution in [0.25, 0.3) is 0 Å². The molecular formula is C6H11O. The van der Waals surface area contributed by atoms with Crippen molar-refractivity contribution in [3.8, 4) is 0 Å². The first kappa shape index (κ1) is 5.10. The van der Waals surface area contributed by atoms with Gasteiger partial charge in [0.05, 0.1) is 6.61 Å². The molecule has 0 saturated carbocycles. The molecule has 1 nitrogen and oxygen atoms in total. The van der Waals surface area contributed by atoms with Crippen molar-refractivity contribution in [2.45, 2.75) is 20.8 Å². The van der Waals surface area contributed by atoms with Crippen LogP contribution in [-0.4, -0.2) is 6.61 Å². The van der Waals surface area contributed by atoms with Gasteiger partial charge in [0.2, 0.25) is 0 Å². The second kappa shape index (κ2) is 1.22. The smallest absolute Gasteiger partial charge is 0.128 e. The Bertz CT molecular complexity index is 66.7. The number of epoxide rings is 1. The van der Waals surface area contributed by atoms with E-state index in [-0.39, 0.29) is 0 Å². The lowest BCUT2D eigenvalue weighted by atomic mass is 9.93. The summed E-state index contributed by atoms with van der Waals surface area (Å²) in [5, 5.41) is 0. The summed E-state index contributed by atoms with van der Waals surface area (Å²) in [7, 11) is 0. The van der Waals surface area contributed by atoms with Gasteiger partial charge in [0.1, 0.15) is 6.10 Å². The van der Waals surface area contributed by atoms with Crippen LogP contribution in [-0.2, 0) is 4.74 Å². The zero-order valence-corrected chi connectivity index (χ0v) is 5.12. The van der Waals surface area contributed by atoms with E-state index in [4.69, 9.17) is 4.74 Å². The van der Waals surface area contributed by atoms with Gasteiger partial charge >= 0.3 is 0 Å². The molecule has 0 unspecified atom stereocenters. The third-order valence-corrected chi connectivity index (χ3v) is 1.13. The first-order valence-corrected chi connectivity index (χ1v) is 2.60. The Labute approximate surface area is 44.7 Å². The van der Waals surface area contributed by atoms with E-state index < -0.39 is 0 Å². The van der Waals surface area contributed by atoms with Crippen LogP contribution in [0.15, 0.2) is 0 Å². The molecule has 0 aromatic heterocycles. The van der Waals surface area contributed by atoms with Gasteiger partial charge in [-0.2, -0.15) is 0 Å². The molecule has 1 radical (unpaired) electrons. The zero-order valence-electron chi connectivity index (χ0n) is 5.12. The van der Waals surface area contributed by atoms with Gasteiger partial charge in [-0.25, -0.2) is 0 Å². The van der Waals surface area contributed by atoms with Gasteiger partial charge in [0.25, 0.3) is 0 Å². The summed E-state index contributed by atoms with van der Waals surface area (Å²) >= 11 is 0. The summed E-state index contributed by atoms with van der Waals surface area (Å²) in [6.07, 6.45) is 1.24. The van der Waals surface area contributed by atoms with Gasteiger partial charge in [-0.15, -0.1) is 0 Å². The van der Waals surface area contributed by atoms with Gasteiger partial charge in [0.15, 0.2) is 0 Å². The quantitative estimate of drug-likeness (QED) is 0.420. The van der Waals surface area contributed by atoms with Crippen molar-refractivity contribution < 1.29 is 4.74 Å². The van der Waals surface area contributed by atoms with Crippen molar-refractivity contribution in [3.63, 3.8) is 0 Å². The third-order valence-electron chi connectivity index (χ3n) is 1.13. The normalized spacial score (nSPS) is 22.7. The van der Waals surface area contributed by atoms with Crippen LogP contribution in [0.1, 0.15) is 20.8 Å². The Morgan fingerprint density at radius 1 is 1.43 bits per heavy atom. The van der Waals surface area contributed by atoms with Crippen molar-refractivity contribution in [2.24, 2.45) is 5.41 Å². The standard InChI is InChI=1S/C6H11O/c1-6(2,3)5-4-7-5/h4H2,1-3H3. The Hall–Kier alpha value is -0.0400. The van der Waals surface area contributed by atoms with Crippen molar-refractivity contribution in [2.75, 3.05) is 6.61 Å². The topological polar surface area (TPSA) is 12.5 Å². The van der Waals surface area contributed by atoms with E-state index >= 15 is 0 Å². The van der Waals surface area contributed by atoms with Crippen molar-refractivity contribution in [1.29, 1.82) is 0 Å². The molecule has 41 valence electrons. The molecular weight excluding hydrogens is 88.1 g/mol. The summed E-state index contributed by atoms with van der Waals surface area (Å²) in [4.78, 5) is 0. The average Bonchev–Trinajstić information content (AvgIpc) is 1.99. The maximum absolute atomic E-state index is 4.99. The van der Waals surface area contributed by atoms with Crippen LogP contribution in [0, 0.1) is 11.5 Å². The Morgan fingerprint density at radius 3 is 1.86 bits per heavy atom. The summed E-state index contributed by atoms with van der Waals surface area (Å²) in [5.74, 6) is 0. The number of hydrogen-bond donors (Lipinski definition) is 0. The van der Waals surface area contributed by atoms with Crippen molar-refractivity contribution in [3.05, 3.63) is 6.10 Å². The van der Waals surface area contributed by atoms with Gasteiger partial charge in [0, 0.05) is 0 Å². The highest BCUT2D eigenvalue weighted by atomic mass is 16.6. The molecule has 1 aliphatic heterocycles. The molecule has 0 N–H and O–H groups in total. The third kappa shape index (κ3) is 1.16. The van der Waals surface area contributed by atoms with E-state index in [9.17, 15) is 0 Å². The highest BCUT2D eigenvalue weighted by Crippen LogP contribution is 2.38. The Morgan fingerprint density at radius 2 is 1.86 bits per heavy atom. The predicted molar refractivity (Wildman–Crippen MR) is 28.6 cm³/mol. The average molecular weight is 99.2 g/mol. The van der Waals surface area contributed by atoms with E-state index in [1.54, 1.807) is 0 Å². The molecule has 1 rings (SSSR count). The molecule has 0 aliphatic carbocycles. The highest BCUT2D eigenvalue weighted by molar-refractivity contribution is 5.01. The molecule has 1 heteroatoms. The lowest BCUT2D eigenvalue weighted by Gasteiger charge is -2.11. The van der Waals surface area contributed by atoms with E-state index in [1.807, 2.05) is 0 Å². The van der Waals surface area contributed by atoms with Crippen LogP contribution in [0.5, 0.6) is 0 Å². The molecule has 0 atom stereocenters. The molecule has 1 aliphatic rings. The molecule has 0 amide bonds. The highest BCUT2D eigenvalue weighted by Gasteiger charge is 2.36. The number of ether oxygens (including phenoxy) is 1. The second-order valence-electron chi connectivity index (χ2n) is 2.96. The van der Waals surface area contributed by atoms with Crippen molar-refractivity contribution >= 4 is 0 Å². The molecule has 0 bridgehead atoms. The first-order valence-electron chi connectivity index (χ1n) is 2.60. The molecule has 1 saturated heterocycles. The van der Waals surface area contributed by atoms with Gasteiger partial charge in [-0.3, -0.25) is 0 Å². The lowest BCUT2D eigenvalue weighted by molar-refractivity contribution is 0.345. The fraction of sp³-hybridized carbons (Fsp3) is 0.833. The van der Waals surface area contributed by atoms with E-state index in [0.717, 1.165) is 6.61 Å². The Balaban J connectivity index is 2.36. The minimum Gasteiger partial charge on any atom is -0.366 e. The molecule has 1 fully saturated rings. The lowest BCUT2D eigenvalue weighted by Crippen LogP contribution is -2.05. The number of hydrogen-bond acceptors (Lipinski definition) is 1.